The van der Waals surface area contributed by atoms with Crippen LogP contribution >= 0.6 is 22.7 Å². The number of aliphatic hydroxyl groups is 1. The quantitative estimate of drug-likeness (QED) is 0.321. The average molecular weight is 500 g/mol. The number of aldehydes is 1. The molecule has 2 heterocycles. The van der Waals surface area contributed by atoms with Crippen LogP contribution in [0.25, 0.3) is 0 Å². The molecule has 1 N–H and O–H groups in total. The Labute approximate surface area is 207 Å². The molecule has 2 aromatic heterocycles. The SMILES string of the molecule is CN(CCOc1ccc(C=O)cc1)[C@H]1CC[C@H](OC(=O)C(O)(c2cccs2)c2cccs2)CC1. The average Bonchev–Trinajstić information content (AvgIpc) is 3.60. The van der Waals surface area contributed by atoms with Crippen molar-refractivity contribution < 1.29 is 24.2 Å². The monoisotopic (exact) mass is 499 g/mol. The molecule has 180 valence electrons. The first-order valence-electron chi connectivity index (χ1n) is 11.4. The van der Waals surface area contributed by atoms with Crippen LogP contribution in [-0.4, -0.2) is 54.6 Å². The number of hydrogen-bond donors (Lipinski definition) is 1. The van der Waals surface area contributed by atoms with Gasteiger partial charge in [0.15, 0.2) is 0 Å². The van der Waals surface area contributed by atoms with E-state index >= 15 is 0 Å². The molecule has 34 heavy (non-hydrogen) atoms. The number of benzene rings is 1. The minimum atomic E-state index is -1.75. The fourth-order valence-corrected chi connectivity index (χ4v) is 5.98. The maximum atomic E-state index is 13.2. The number of carbonyl (C=O) groups excluding carboxylic acids is 2. The molecular weight excluding hydrogens is 470 g/mol. The maximum Gasteiger partial charge on any atom is 0.349 e. The molecule has 0 aliphatic heterocycles. The molecule has 1 saturated carbocycles. The van der Waals surface area contributed by atoms with Crippen molar-refractivity contribution in [1.29, 1.82) is 0 Å². The number of hydrogen-bond acceptors (Lipinski definition) is 8. The Morgan fingerprint density at radius 3 is 2.21 bits per heavy atom. The first-order valence-corrected chi connectivity index (χ1v) is 13.2. The summed E-state index contributed by atoms with van der Waals surface area (Å²) in [7, 11) is 2.09. The predicted octanol–water partition coefficient (Wildman–Crippen LogP) is 4.72. The first-order chi connectivity index (χ1) is 16.5. The molecule has 1 aliphatic carbocycles. The lowest BCUT2D eigenvalue weighted by atomic mass is 9.91. The van der Waals surface area contributed by atoms with Gasteiger partial charge < -0.3 is 19.5 Å². The summed E-state index contributed by atoms with van der Waals surface area (Å²) in [6.07, 6.45) is 3.98. The van der Waals surface area contributed by atoms with Gasteiger partial charge >= 0.3 is 5.97 Å². The van der Waals surface area contributed by atoms with E-state index in [1.807, 2.05) is 22.9 Å². The van der Waals surface area contributed by atoms with Gasteiger partial charge in [0.2, 0.25) is 5.60 Å². The third-order valence-corrected chi connectivity index (χ3v) is 8.28. The van der Waals surface area contributed by atoms with E-state index in [-0.39, 0.29) is 6.10 Å². The van der Waals surface area contributed by atoms with Gasteiger partial charge in [-0.2, -0.15) is 0 Å². The zero-order valence-corrected chi connectivity index (χ0v) is 20.7. The molecule has 0 saturated heterocycles. The molecule has 1 aliphatic rings. The molecule has 0 amide bonds. The summed E-state index contributed by atoms with van der Waals surface area (Å²) >= 11 is 2.70. The second kappa shape index (κ2) is 11.3. The van der Waals surface area contributed by atoms with Crippen LogP contribution in [0.4, 0.5) is 0 Å². The third-order valence-electron chi connectivity index (χ3n) is 6.32. The number of thiophene rings is 2. The van der Waals surface area contributed by atoms with E-state index in [1.54, 1.807) is 36.4 Å². The van der Waals surface area contributed by atoms with E-state index in [1.165, 1.54) is 22.7 Å². The summed E-state index contributed by atoms with van der Waals surface area (Å²) < 4.78 is 11.6. The summed E-state index contributed by atoms with van der Waals surface area (Å²) in [5, 5.41) is 15.1. The lowest BCUT2D eigenvalue weighted by molar-refractivity contribution is -0.169. The van der Waals surface area contributed by atoms with Crippen molar-refractivity contribution in [2.24, 2.45) is 0 Å². The van der Waals surface area contributed by atoms with E-state index in [0.717, 1.165) is 44.3 Å². The standard InChI is InChI=1S/C26H29NO5S2/c1-27(14-15-31-21-10-6-19(18-28)7-11-21)20-8-12-22(13-9-20)32-25(29)26(30,23-4-2-16-33-23)24-5-3-17-34-24/h2-7,10-11,16-18,20,22,30H,8-9,12-15H2,1H3/t20-,22-. The summed E-state index contributed by atoms with van der Waals surface area (Å²) in [6.45, 7) is 1.33. The van der Waals surface area contributed by atoms with Crippen LogP contribution in [0.1, 0.15) is 45.8 Å². The van der Waals surface area contributed by atoms with Crippen LogP contribution in [0.3, 0.4) is 0 Å². The minimum Gasteiger partial charge on any atom is -0.492 e. The zero-order chi connectivity index (χ0) is 24.0. The molecule has 0 atom stereocenters. The van der Waals surface area contributed by atoms with Crippen LogP contribution in [0.5, 0.6) is 5.75 Å². The van der Waals surface area contributed by atoms with Crippen molar-refractivity contribution in [2.75, 3.05) is 20.2 Å². The highest BCUT2D eigenvalue weighted by Crippen LogP contribution is 2.38. The summed E-state index contributed by atoms with van der Waals surface area (Å²) in [6, 6.07) is 14.7. The van der Waals surface area contributed by atoms with E-state index in [2.05, 4.69) is 11.9 Å². The lowest BCUT2D eigenvalue weighted by Gasteiger charge is -2.35. The fraction of sp³-hybridized carbons (Fsp3) is 0.385. The van der Waals surface area contributed by atoms with Crippen molar-refractivity contribution in [3.05, 3.63) is 74.6 Å². The molecule has 3 aromatic rings. The molecule has 4 rings (SSSR count). The molecule has 0 spiro atoms. The van der Waals surface area contributed by atoms with E-state index in [4.69, 9.17) is 9.47 Å². The van der Waals surface area contributed by atoms with Crippen molar-refractivity contribution in [3.8, 4) is 5.75 Å². The van der Waals surface area contributed by atoms with Crippen molar-refractivity contribution in [3.63, 3.8) is 0 Å². The Hall–Kier alpha value is -2.52. The van der Waals surface area contributed by atoms with E-state index in [0.29, 0.717) is 28.0 Å². The lowest BCUT2D eigenvalue weighted by Crippen LogP contribution is -2.42. The number of ether oxygens (including phenoxy) is 2. The van der Waals surface area contributed by atoms with Crippen molar-refractivity contribution >= 4 is 34.9 Å². The Bertz CT molecular complexity index is 1010. The highest BCUT2D eigenvalue weighted by atomic mass is 32.1. The van der Waals surface area contributed by atoms with Gasteiger partial charge in [-0.15, -0.1) is 22.7 Å². The molecule has 0 bridgehead atoms. The van der Waals surface area contributed by atoms with Gasteiger partial charge in [0.05, 0.1) is 9.75 Å². The highest BCUT2D eigenvalue weighted by Gasteiger charge is 2.45. The van der Waals surface area contributed by atoms with Gasteiger partial charge in [-0.3, -0.25) is 4.79 Å². The van der Waals surface area contributed by atoms with Gasteiger partial charge in [0.25, 0.3) is 0 Å². The molecule has 1 fully saturated rings. The molecule has 1 aromatic carbocycles. The molecule has 6 nitrogen and oxygen atoms in total. The highest BCUT2D eigenvalue weighted by molar-refractivity contribution is 7.12. The Balaban J connectivity index is 1.26. The second-order valence-electron chi connectivity index (χ2n) is 8.52. The van der Waals surface area contributed by atoms with Crippen LogP contribution in [0.2, 0.25) is 0 Å². The fourth-order valence-electron chi connectivity index (χ4n) is 4.26. The normalized spacial score (nSPS) is 18.6. The van der Waals surface area contributed by atoms with Crippen molar-refractivity contribution in [1.82, 2.24) is 4.90 Å². The minimum absolute atomic E-state index is 0.198. The molecule has 0 unspecified atom stereocenters. The molecule has 0 radical (unpaired) electrons. The van der Waals surface area contributed by atoms with Crippen LogP contribution in [-0.2, 0) is 15.1 Å². The van der Waals surface area contributed by atoms with Gasteiger partial charge in [-0.25, -0.2) is 4.79 Å². The first kappa shape index (κ1) is 24.6. The zero-order valence-electron chi connectivity index (χ0n) is 19.1. The Morgan fingerprint density at radius 2 is 1.68 bits per heavy atom. The Kier molecular flexibility index (Phi) is 8.15. The number of nitrogens with zero attached hydrogens (tertiary/aromatic N) is 1. The Morgan fingerprint density at radius 1 is 1.06 bits per heavy atom. The number of carbonyl (C=O) groups is 2. The number of rotatable bonds is 10. The topological polar surface area (TPSA) is 76.1 Å². The number of likely N-dealkylation sites (N-methyl/N-ethyl adjacent to an activating group) is 1. The maximum absolute atomic E-state index is 13.2. The molecule has 8 heteroatoms. The van der Waals surface area contributed by atoms with Crippen molar-refractivity contribution in [2.45, 2.75) is 43.4 Å². The van der Waals surface area contributed by atoms with Crippen LogP contribution in [0.15, 0.2) is 59.3 Å². The third kappa shape index (κ3) is 5.58. The molecular formula is C26H29NO5S2. The van der Waals surface area contributed by atoms with Crippen LogP contribution in [0, 0.1) is 0 Å². The number of esters is 1. The van der Waals surface area contributed by atoms with Gasteiger partial charge in [-0.05, 0) is 79.9 Å². The van der Waals surface area contributed by atoms with Gasteiger partial charge in [0.1, 0.15) is 24.7 Å². The summed E-state index contributed by atoms with van der Waals surface area (Å²) in [5.74, 6) is 0.154. The largest absolute Gasteiger partial charge is 0.492 e. The van der Waals surface area contributed by atoms with Gasteiger partial charge in [-0.1, -0.05) is 12.1 Å². The smallest absolute Gasteiger partial charge is 0.349 e. The van der Waals surface area contributed by atoms with Gasteiger partial charge in [0, 0.05) is 18.2 Å². The summed E-state index contributed by atoms with van der Waals surface area (Å²) in [4.78, 5) is 27.3. The van der Waals surface area contributed by atoms with Crippen LogP contribution < -0.4 is 4.74 Å². The second-order valence-corrected chi connectivity index (χ2v) is 10.4. The summed E-state index contributed by atoms with van der Waals surface area (Å²) in [5.41, 5.74) is -1.12. The predicted molar refractivity (Wildman–Crippen MR) is 134 cm³/mol. The van der Waals surface area contributed by atoms with E-state index < -0.39 is 11.6 Å². The van der Waals surface area contributed by atoms with E-state index in [9.17, 15) is 14.7 Å².